The van der Waals surface area contributed by atoms with E-state index in [9.17, 15) is 14.0 Å². The van der Waals surface area contributed by atoms with Gasteiger partial charge in [-0.3, -0.25) is 4.79 Å². The standard InChI is InChI=1S/C16H20FN3O3/c1-23-9-8-19-13-6-7-20(14(13)10-15(19)21)16(22)18-12-4-2-11(17)3-5-12/h2-5,13-14H,6-10H2,1H3,(H,18,22)/t13-,14+/m0/s1. The van der Waals surface area contributed by atoms with Gasteiger partial charge in [0.15, 0.2) is 0 Å². The summed E-state index contributed by atoms with van der Waals surface area (Å²) in [5.41, 5.74) is 0.542. The van der Waals surface area contributed by atoms with Crippen LogP contribution >= 0.6 is 0 Å². The molecule has 3 rings (SSSR count). The van der Waals surface area contributed by atoms with Crippen molar-refractivity contribution in [1.29, 1.82) is 0 Å². The molecule has 0 unspecified atom stereocenters. The zero-order valence-electron chi connectivity index (χ0n) is 13.0. The summed E-state index contributed by atoms with van der Waals surface area (Å²) in [6.45, 7) is 1.67. The van der Waals surface area contributed by atoms with Crippen molar-refractivity contribution in [3.63, 3.8) is 0 Å². The summed E-state index contributed by atoms with van der Waals surface area (Å²) in [6.07, 6.45) is 1.13. The van der Waals surface area contributed by atoms with Crippen LogP contribution < -0.4 is 5.32 Å². The normalized spacial score (nSPS) is 23.3. The predicted octanol–water partition coefficient (Wildman–Crippen LogP) is 1.68. The smallest absolute Gasteiger partial charge is 0.322 e. The first-order chi connectivity index (χ1) is 11.1. The molecule has 0 aromatic heterocycles. The Morgan fingerprint density at radius 3 is 2.78 bits per heavy atom. The predicted molar refractivity (Wildman–Crippen MR) is 82.5 cm³/mol. The number of halogens is 1. The average molecular weight is 321 g/mol. The van der Waals surface area contributed by atoms with Crippen LogP contribution in [0.4, 0.5) is 14.9 Å². The molecular weight excluding hydrogens is 301 g/mol. The van der Waals surface area contributed by atoms with Gasteiger partial charge in [-0.25, -0.2) is 9.18 Å². The number of hydrogen-bond acceptors (Lipinski definition) is 3. The number of rotatable bonds is 4. The second kappa shape index (κ2) is 6.54. The van der Waals surface area contributed by atoms with E-state index < -0.39 is 0 Å². The lowest BCUT2D eigenvalue weighted by atomic mass is 10.1. The Balaban J connectivity index is 1.64. The number of urea groups is 1. The van der Waals surface area contributed by atoms with Gasteiger partial charge in [-0.15, -0.1) is 0 Å². The molecule has 1 N–H and O–H groups in total. The van der Waals surface area contributed by atoms with Crippen LogP contribution in [-0.2, 0) is 9.53 Å². The van der Waals surface area contributed by atoms with Crippen LogP contribution in [0.15, 0.2) is 24.3 Å². The number of nitrogens with zero attached hydrogens (tertiary/aromatic N) is 2. The van der Waals surface area contributed by atoms with E-state index in [1.807, 2.05) is 4.90 Å². The van der Waals surface area contributed by atoms with Crippen LogP contribution in [0.3, 0.4) is 0 Å². The molecule has 2 fully saturated rings. The molecule has 0 saturated carbocycles. The highest BCUT2D eigenvalue weighted by Crippen LogP contribution is 2.32. The van der Waals surface area contributed by atoms with Crippen LogP contribution in [0.1, 0.15) is 12.8 Å². The van der Waals surface area contributed by atoms with E-state index in [1.165, 1.54) is 24.3 Å². The highest BCUT2D eigenvalue weighted by molar-refractivity contribution is 5.91. The third-order valence-electron chi connectivity index (χ3n) is 4.51. The van der Waals surface area contributed by atoms with Crippen molar-refractivity contribution in [2.75, 3.05) is 32.1 Å². The Kier molecular flexibility index (Phi) is 4.47. The largest absolute Gasteiger partial charge is 0.383 e. The second-order valence-electron chi connectivity index (χ2n) is 5.84. The lowest BCUT2D eigenvalue weighted by Gasteiger charge is -2.25. The number of hydrogen-bond donors (Lipinski definition) is 1. The Morgan fingerprint density at radius 1 is 1.35 bits per heavy atom. The molecule has 124 valence electrons. The van der Waals surface area contributed by atoms with Gasteiger partial charge in [0, 0.05) is 32.3 Å². The first-order valence-electron chi connectivity index (χ1n) is 7.71. The van der Waals surface area contributed by atoms with E-state index in [-0.39, 0.29) is 29.8 Å². The Labute approximate surface area is 134 Å². The second-order valence-corrected chi connectivity index (χ2v) is 5.84. The van der Waals surface area contributed by atoms with E-state index in [0.717, 1.165) is 6.42 Å². The van der Waals surface area contributed by atoms with E-state index in [1.54, 1.807) is 12.0 Å². The van der Waals surface area contributed by atoms with Crippen molar-refractivity contribution in [1.82, 2.24) is 9.80 Å². The maximum atomic E-state index is 12.9. The monoisotopic (exact) mass is 321 g/mol. The van der Waals surface area contributed by atoms with Gasteiger partial charge < -0.3 is 19.9 Å². The molecule has 0 bridgehead atoms. The molecule has 7 heteroatoms. The van der Waals surface area contributed by atoms with Crippen LogP contribution in [0, 0.1) is 5.82 Å². The van der Waals surface area contributed by atoms with Crippen LogP contribution in [-0.4, -0.2) is 60.6 Å². The van der Waals surface area contributed by atoms with Gasteiger partial charge in [-0.2, -0.15) is 0 Å². The molecule has 23 heavy (non-hydrogen) atoms. The number of amides is 3. The molecule has 3 amide bonds. The topological polar surface area (TPSA) is 61.9 Å². The van der Waals surface area contributed by atoms with E-state index in [0.29, 0.717) is 31.8 Å². The number of methoxy groups -OCH3 is 1. The molecule has 0 radical (unpaired) electrons. The van der Waals surface area contributed by atoms with Crippen molar-refractivity contribution < 1.29 is 18.7 Å². The number of ether oxygens (including phenoxy) is 1. The molecule has 1 aromatic carbocycles. The van der Waals surface area contributed by atoms with Crippen LogP contribution in [0.2, 0.25) is 0 Å². The number of carbonyl (C=O) groups is 2. The molecule has 2 aliphatic heterocycles. The number of likely N-dealkylation sites (tertiary alicyclic amines) is 2. The summed E-state index contributed by atoms with van der Waals surface area (Å²) in [4.78, 5) is 28.1. The lowest BCUT2D eigenvalue weighted by Crippen LogP contribution is -2.42. The number of fused-ring (bicyclic) bond motifs is 1. The van der Waals surface area contributed by atoms with Gasteiger partial charge in [0.05, 0.1) is 18.7 Å². The minimum atomic E-state index is -0.348. The van der Waals surface area contributed by atoms with Crippen molar-refractivity contribution in [2.24, 2.45) is 0 Å². The molecule has 2 atom stereocenters. The molecule has 0 spiro atoms. The van der Waals surface area contributed by atoms with Gasteiger partial charge >= 0.3 is 6.03 Å². The minimum absolute atomic E-state index is 0.0660. The van der Waals surface area contributed by atoms with Gasteiger partial charge in [0.25, 0.3) is 0 Å². The zero-order valence-corrected chi connectivity index (χ0v) is 13.0. The van der Waals surface area contributed by atoms with Gasteiger partial charge in [-0.1, -0.05) is 0 Å². The van der Waals surface area contributed by atoms with E-state index in [4.69, 9.17) is 4.74 Å². The van der Waals surface area contributed by atoms with Crippen molar-refractivity contribution in [2.45, 2.75) is 24.9 Å². The maximum absolute atomic E-state index is 12.9. The Hall–Kier alpha value is -2.15. The fourth-order valence-electron chi connectivity index (χ4n) is 3.39. The maximum Gasteiger partial charge on any atom is 0.322 e. The lowest BCUT2D eigenvalue weighted by molar-refractivity contribution is -0.129. The molecule has 2 saturated heterocycles. The van der Waals surface area contributed by atoms with Crippen LogP contribution in [0.25, 0.3) is 0 Å². The summed E-state index contributed by atoms with van der Waals surface area (Å²) in [6, 6.07) is 5.36. The van der Waals surface area contributed by atoms with Gasteiger partial charge in [0.2, 0.25) is 5.91 Å². The summed E-state index contributed by atoms with van der Waals surface area (Å²) in [5, 5.41) is 2.76. The van der Waals surface area contributed by atoms with Crippen molar-refractivity contribution in [3.05, 3.63) is 30.1 Å². The number of nitrogens with one attached hydrogen (secondary N) is 1. The molecular formula is C16H20FN3O3. The van der Waals surface area contributed by atoms with Crippen molar-refractivity contribution in [3.8, 4) is 0 Å². The third kappa shape index (κ3) is 3.14. The van der Waals surface area contributed by atoms with E-state index in [2.05, 4.69) is 5.32 Å². The van der Waals surface area contributed by atoms with Crippen LogP contribution in [0.5, 0.6) is 0 Å². The average Bonchev–Trinajstić information content (AvgIpc) is 3.06. The number of carbonyl (C=O) groups excluding carboxylic acids is 2. The number of benzene rings is 1. The molecule has 2 heterocycles. The minimum Gasteiger partial charge on any atom is -0.383 e. The fraction of sp³-hybridized carbons (Fsp3) is 0.500. The Bertz CT molecular complexity index is 593. The third-order valence-corrected chi connectivity index (χ3v) is 4.51. The highest BCUT2D eigenvalue weighted by Gasteiger charge is 2.48. The van der Waals surface area contributed by atoms with Crippen molar-refractivity contribution >= 4 is 17.6 Å². The first-order valence-corrected chi connectivity index (χ1v) is 7.71. The summed E-state index contributed by atoms with van der Waals surface area (Å²) in [7, 11) is 1.61. The van der Waals surface area contributed by atoms with Gasteiger partial charge in [0.1, 0.15) is 5.82 Å². The first kappa shape index (κ1) is 15.7. The van der Waals surface area contributed by atoms with Gasteiger partial charge in [-0.05, 0) is 30.7 Å². The van der Waals surface area contributed by atoms with E-state index >= 15 is 0 Å². The Morgan fingerprint density at radius 2 is 2.09 bits per heavy atom. The summed E-state index contributed by atoms with van der Waals surface area (Å²) < 4.78 is 18.0. The molecule has 0 aliphatic carbocycles. The molecule has 1 aromatic rings. The summed E-state index contributed by atoms with van der Waals surface area (Å²) in [5.74, 6) is -0.282. The quantitative estimate of drug-likeness (QED) is 0.918. The summed E-state index contributed by atoms with van der Waals surface area (Å²) >= 11 is 0. The SMILES string of the molecule is COCCN1C(=O)C[C@@H]2[C@@H]1CCN2C(=O)Nc1ccc(F)cc1. The molecule has 2 aliphatic rings. The molecule has 6 nitrogen and oxygen atoms in total. The fourth-order valence-corrected chi connectivity index (χ4v) is 3.39. The number of anilines is 1. The highest BCUT2D eigenvalue weighted by atomic mass is 19.1. The zero-order chi connectivity index (χ0) is 16.4.